The molecular weight excluding hydrogens is 356 g/mol. The Hall–Kier alpha value is -2.96. The number of piperidine rings is 1. The number of nitrogens with zero attached hydrogens (tertiary/aromatic N) is 3. The minimum atomic E-state index is -0.260. The van der Waals surface area contributed by atoms with Gasteiger partial charge in [-0.05, 0) is 48.8 Å². The summed E-state index contributed by atoms with van der Waals surface area (Å²) in [5, 5.41) is 4.85. The fourth-order valence-electron chi connectivity index (χ4n) is 3.73. The van der Waals surface area contributed by atoms with Gasteiger partial charge in [0.15, 0.2) is 0 Å². The molecule has 1 aromatic carbocycles. The number of amides is 1. The molecule has 7 heteroatoms. The number of nitrogens with one attached hydrogen (secondary N) is 1. The molecule has 3 heterocycles. The van der Waals surface area contributed by atoms with E-state index in [4.69, 9.17) is 4.52 Å². The van der Waals surface area contributed by atoms with Crippen LogP contribution in [0.5, 0.6) is 0 Å². The van der Waals surface area contributed by atoms with Gasteiger partial charge in [0, 0.05) is 31.4 Å². The van der Waals surface area contributed by atoms with E-state index in [0.717, 1.165) is 36.0 Å². The standard InChI is InChI=1S/C21H24N4O3/c1-13-5-6-15-11-16(21(27)22-17(15)10-13)20-23-18(28-24-20)7-8-19(26)25-9-3-4-14(2)12-25/h5-6,10-11,14H,3-4,7-9,12H2,1-2H3,(H,22,27)/t14-/m0/s1. The van der Waals surface area contributed by atoms with Crippen LogP contribution in [0.25, 0.3) is 22.3 Å². The van der Waals surface area contributed by atoms with Crippen LogP contribution in [0.3, 0.4) is 0 Å². The Bertz CT molecular complexity index is 1070. The zero-order chi connectivity index (χ0) is 19.7. The summed E-state index contributed by atoms with van der Waals surface area (Å²) in [6, 6.07) is 7.63. The molecule has 0 unspecified atom stereocenters. The van der Waals surface area contributed by atoms with E-state index >= 15 is 0 Å². The Labute approximate surface area is 162 Å². The highest BCUT2D eigenvalue weighted by molar-refractivity contribution is 5.82. The normalized spacial score (nSPS) is 17.2. The van der Waals surface area contributed by atoms with Gasteiger partial charge in [0.2, 0.25) is 17.6 Å². The van der Waals surface area contributed by atoms with Crippen molar-refractivity contribution in [2.24, 2.45) is 5.92 Å². The van der Waals surface area contributed by atoms with Crippen molar-refractivity contribution >= 4 is 16.8 Å². The second-order valence-electron chi connectivity index (χ2n) is 7.70. The summed E-state index contributed by atoms with van der Waals surface area (Å²) >= 11 is 0. The highest BCUT2D eigenvalue weighted by atomic mass is 16.5. The molecule has 3 aromatic rings. The number of likely N-dealkylation sites (tertiary alicyclic amines) is 1. The fourth-order valence-corrected chi connectivity index (χ4v) is 3.73. The van der Waals surface area contributed by atoms with Gasteiger partial charge >= 0.3 is 0 Å². The monoisotopic (exact) mass is 380 g/mol. The molecule has 0 spiro atoms. The average molecular weight is 380 g/mol. The number of fused-ring (bicyclic) bond motifs is 1. The number of benzene rings is 1. The molecule has 1 aliphatic rings. The van der Waals surface area contributed by atoms with Crippen molar-refractivity contribution in [2.75, 3.05) is 13.1 Å². The zero-order valence-corrected chi connectivity index (χ0v) is 16.2. The van der Waals surface area contributed by atoms with E-state index < -0.39 is 0 Å². The summed E-state index contributed by atoms with van der Waals surface area (Å²) in [6.45, 7) is 5.79. The number of carbonyl (C=O) groups is 1. The lowest BCUT2D eigenvalue weighted by Gasteiger charge is -2.30. The Kier molecular flexibility index (Phi) is 4.98. The van der Waals surface area contributed by atoms with Crippen LogP contribution in [0.15, 0.2) is 33.6 Å². The molecule has 28 heavy (non-hydrogen) atoms. The van der Waals surface area contributed by atoms with E-state index in [1.54, 1.807) is 6.07 Å². The molecule has 1 aliphatic heterocycles. The molecule has 1 N–H and O–H groups in total. The van der Waals surface area contributed by atoms with Crippen LogP contribution in [0, 0.1) is 12.8 Å². The van der Waals surface area contributed by atoms with Gasteiger partial charge < -0.3 is 14.4 Å². The Morgan fingerprint density at radius 2 is 2.21 bits per heavy atom. The molecule has 1 amide bonds. The molecule has 0 aliphatic carbocycles. The van der Waals surface area contributed by atoms with Crippen LogP contribution < -0.4 is 5.56 Å². The average Bonchev–Trinajstić information content (AvgIpc) is 3.14. The van der Waals surface area contributed by atoms with Gasteiger partial charge in [-0.1, -0.05) is 24.2 Å². The van der Waals surface area contributed by atoms with Gasteiger partial charge in [0.1, 0.15) is 0 Å². The van der Waals surface area contributed by atoms with E-state index in [0.29, 0.717) is 30.2 Å². The molecule has 0 radical (unpaired) electrons. The number of aryl methyl sites for hydroxylation is 2. The van der Waals surface area contributed by atoms with Crippen LogP contribution >= 0.6 is 0 Å². The van der Waals surface area contributed by atoms with Crippen LogP contribution in [-0.2, 0) is 11.2 Å². The molecule has 1 atom stereocenters. The van der Waals surface area contributed by atoms with E-state index in [1.807, 2.05) is 30.0 Å². The summed E-state index contributed by atoms with van der Waals surface area (Å²) in [6.07, 6.45) is 2.95. The summed E-state index contributed by atoms with van der Waals surface area (Å²) in [4.78, 5) is 33.9. The largest absolute Gasteiger partial charge is 0.342 e. The van der Waals surface area contributed by atoms with E-state index in [2.05, 4.69) is 22.0 Å². The van der Waals surface area contributed by atoms with E-state index in [9.17, 15) is 9.59 Å². The van der Waals surface area contributed by atoms with Gasteiger partial charge in [0.05, 0.1) is 5.56 Å². The lowest BCUT2D eigenvalue weighted by atomic mass is 10.00. The van der Waals surface area contributed by atoms with Crippen molar-refractivity contribution < 1.29 is 9.32 Å². The van der Waals surface area contributed by atoms with Gasteiger partial charge in [-0.15, -0.1) is 0 Å². The lowest BCUT2D eigenvalue weighted by molar-refractivity contribution is -0.132. The molecule has 0 bridgehead atoms. The molecule has 146 valence electrons. The lowest BCUT2D eigenvalue weighted by Crippen LogP contribution is -2.39. The maximum atomic E-state index is 12.4. The van der Waals surface area contributed by atoms with Gasteiger partial charge in [-0.2, -0.15) is 4.98 Å². The zero-order valence-electron chi connectivity index (χ0n) is 16.2. The summed E-state index contributed by atoms with van der Waals surface area (Å²) < 4.78 is 5.28. The first-order valence-electron chi connectivity index (χ1n) is 9.74. The van der Waals surface area contributed by atoms with Crippen molar-refractivity contribution in [1.82, 2.24) is 20.0 Å². The maximum absolute atomic E-state index is 12.4. The minimum Gasteiger partial charge on any atom is -0.342 e. The first-order valence-corrected chi connectivity index (χ1v) is 9.74. The quantitative estimate of drug-likeness (QED) is 0.751. The molecule has 1 saturated heterocycles. The van der Waals surface area contributed by atoms with Crippen molar-refractivity contribution in [3.8, 4) is 11.4 Å². The van der Waals surface area contributed by atoms with Crippen molar-refractivity contribution in [3.05, 3.63) is 46.1 Å². The Morgan fingerprint density at radius 3 is 3.04 bits per heavy atom. The number of pyridine rings is 1. The molecule has 4 rings (SSSR count). The second kappa shape index (κ2) is 7.58. The highest BCUT2D eigenvalue weighted by Gasteiger charge is 2.21. The van der Waals surface area contributed by atoms with Crippen molar-refractivity contribution in [1.29, 1.82) is 0 Å². The van der Waals surface area contributed by atoms with E-state index in [-0.39, 0.29) is 17.3 Å². The first kappa shape index (κ1) is 18.4. The Morgan fingerprint density at radius 1 is 1.36 bits per heavy atom. The number of rotatable bonds is 4. The van der Waals surface area contributed by atoms with Gasteiger partial charge in [-0.25, -0.2) is 0 Å². The smallest absolute Gasteiger partial charge is 0.259 e. The highest BCUT2D eigenvalue weighted by Crippen LogP contribution is 2.20. The molecule has 1 fully saturated rings. The number of aromatic nitrogens is 3. The predicted molar refractivity (Wildman–Crippen MR) is 106 cm³/mol. The Balaban J connectivity index is 1.48. The minimum absolute atomic E-state index is 0.116. The van der Waals surface area contributed by atoms with Crippen molar-refractivity contribution in [2.45, 2.75) is 39.5 Å². The van der Waals surface area contributed by atoms with E-state index in [1.165, 1.54) is 6.42 Å². The molecular formula is C21H24N4O3. The fraction of sp³-hybridized carbons (Fsp3) is 0.429. The number of aromatic amines is 1. The number of H-pyrrole nitrogens is 1. The van der Waals surface area contributed by atoms with Crippen LogP contribution in [0.2, 0.25) is 0 Å². The van der Waals surface area contributed by atoms with Crippen LogP contribution in [0.4, 0.5) is 0 Å². The molecule has 7 nitrogen and oxygen atoms in total. The third-order valence-electron chi connectivity index (χ3n) is 5.27. The summed E-state index contributed by atoms with van der Waals surface area (Å²) in [5.74, 6) is 1.29. The predicted octanol–water partition coefficient (Wildman–Crippen LogP) is 3.08. The van der Waals surface area contributed by atoms with Gasteiger partial charge in [0.25, 0.3) is 5.56 Å². The summed E-state index contributed by atoms with van der Waals surface area (Å²) in [7, 11) is 0. The van der Waals surface area contributed by atoms with Gasteiger partial charge in [-0.3, -0.25) is 9.59 Å². The topological polar surface area (TPSA) is 92.1 Å². The number of hydrogen-bond acceptors (Lipinski definition) is 5. The molecule has 0 saturated carbocycles. The summed E-state index contributed by atoms with van der Waals surface area (Å²) in [5.41, 5.74) is 1.95. The molecule has 2 aromatic heterocycles. The number of hydrogen-bond donors (Lipinski definition) is 1. The van der Waals surface area contributed by atoms with Crippen LogP contribution in [-0.4, -0.2) is 39.0 Å². The maximum Gasteiger partial charge on any atom is 0.259 e. The van der Waals surface area contributed by atoms with Crippen molar-refractivity contribution in [3.63, 3.8) is 0 Å². The third-order valence-corrected chi connectivity index (χ3v) is 5.27. The SMILES string of the molecule is Cc1ccc2cc(-c3noc(CCC(=O)N4CCC[C@H](C)C4)n3)c(=O)[nH]c2c1. The second-order valence-corrected chi connectivity index (χ2v) is 7.70. The number of carbonyl (C=O) groups excluding carboxylic acids is 1. The van der Waals surface area contributed by atoms with Crippen LogP contribution in [0.1, 0.15) is 37.6 Å². The first-order chi connectivity index (χ1) is 13.5. The third kappa shape index (κ3) is 3.83.